The number of nitrogens with zero attached hydrogens (tertiary/aromatic N) is 8. The number of halogens is 2. The van der Waals surface area contributed by atoms with Crippen molar-refractivity contribution in [2.45, 2.75) is 5.03 Å². The van der Waals surface area contributed by atoms with E-state index in [9.17, 15) is 17.6 Å². The molecule has 5 aromatic heterocycles. The molecule has 0 aromatic carbocycles. The molecule has 172 valence electrons. The SMILES string of the molecule is CS(=O)(=O)c1c(C(=O)Nc2cnc(-n3nccn3)c(Cl)c2)cnn1-c1ccc(F)c2nccn12. The molecule has 5 heterocycles. The minimum absolute atomic E-state index is 0.0223. The molecular formula is C19H13ClFN9O3S. The summed E-state index contributed by atoms with van der Waals surface area (Å²) in [5, 5.41) is 14.3. The molecule has 0 radical (unpaired) electrons. The Morgan fingerprint density at radius 3 is 2.56 bits per heavy atom. The summed E-state index contributed by atoms with van der Waals surface area (Å²) in [6.07, 6.45) is 9.09. The number of sulfone groups is 1. The van der Waals surface area contributed by atoms with Gasteiger partial charge in [0.2, 0.25) is 0 Å². The van der Waals surface area contributed by atoms with Gasteiger partial charge in [-0.25, -0.2) is 27.5 Å². The molecule has 0 atom stereocenters. The molecule has 5 aromatic rings. The number of hydrogen-bond acceptors (Lipinski definition) is 8. The standard InChI is InChI=1S/C19H13ClFN9O3S/c1-34(32,33)19-12(10-26-29(19)15-3-2-14(21)17-22-6-7-28(15)17)18(31)27-11-8-13(20)16(23-9-11)30-24-4-5-25-30/h2-10H,1H3,(H,27,31). The lowest BCUT2D eigenvalue weighted by Gasteiger charge is -2.11. The Morgan fingerprint density at radius 1 is 1.09 bits per heavy atom. The van der Waals surface area contributed by atoms with E-state index in [0.29, 0.717) is 0 Å². The second-order valence-corrected chi connectivity index (χ2v) is 9.35. The predicted molar refractivity (Wildman–Crippen MR) is 117 cm³/mol. The van der Waals surface area contributed by atoms with Crippen molar-refractivity contribution in [3.8, 4) is 11.6 Å². The highest BCUT2D eigenvalue weighted by molar-refractivity contribution is 7.90. The van der Waals surface area contributed by atoms with Gasteiger partial charge < -0.3 is 5.32 Å². The normalized spacial score (nSPS) is 11.7. The Balaban J connectivity index is 1.54. The average Bonchev–Trinajstić information content (AvgIpc) is 3.54. The smallest absolute Gasteiger partial charge is 0.260 e. The first-order valence-electron chi connectivity index (χ1n) is 9.47. The van der Waals surface area contributed by atoms with Crippen molar-refractivity contribution in [1.29, 1.82) is 0 Å². The Bertz CT molecular complexity index is 1660. The first kappa shape index (κ1) is 21.7. The van der Waals surface area contributed by atoms with Gasteiger partial charge in [0.15, 0.2) is 32.1 Å². The molecule has 1 amide bonds. The number of fused-ring (bicyclic) bond motifs is 1. The van der Waals surface area contributed by atoms with Crippen LogP contribution in [0.3, 0.4) is 0 Å². The molecule has 0 spiro atoms. The van der Waals surface area contributed by atoms with Gasteiger partial charge in [-0.2, -0.15) is 15.3 Å². The molecule has 1 N–H and O–H groups in total. The summed E-state index contributed by atoms with van der Waals surface area (Å²) >= 11 is 6.23. The lowest BCUT2D eigenvalue weighted by molar-refractivity contribution is 0.102. The van der Waals surface area contributed by atoms with Crippen LogP contribution < -0.4 is 5.32 Å². The first-order chi connectivity index (χ1) is 16.2. The Kier molecular flexibility index (Phi) is 5.10. The van der Waals surface area contributed by atoms with E-state index >= 15 is 0 Å². The zero-order valence-electron chi connectivity index (χ0n) is 17.2. The molecule has 12 nitrogen and oxygen atoms in total. The Labute approximate surface area is 195 Å². The second-order valence-electron chi connectivity index (χ2n) is 7.01. The Morgan fingerprint density at radius 2 is 1.85 bits per heavy atom. The van der Waals surface area contributed by atoms with E-state index in [1.807, 2.05) is 0 Å². The summed E-state index contributed by atoms with van der Waals surface area (Å²) in [4.78, 5) is 22.3. The zero-order valence-corrected chi connectivity index (χ0v) is 18.7. The van der Waals surface area contributed by atoms with Crippen LogP contribution in [0.1, 0.15) is 10.4 Å². The van der Waals surface area contributed by atoms with E-state index in [4.69, 9.17) is 11.6 Å². The summed E-state index contributed by atoms with van der Waals surface area (Å²) in [7, 11) is -3.96. The maximum Gasteiger partial charge on any atom is 0.260 e. The fourth-order valence-electron chi connectivity index (χ4n) is 3.32. The maximum atomic E-state index is 14.1. The third kappa shape index (κ3) is 3.68. The van der Waals surface area contributed by atoms with Crippen LogP contribution in [-0.4, -0.2) is 59.7 Å². The van der Waals surface area contributed by atoms with Crippen molar-refractivity contribution in [3.63, 3.8) is 0 Å². The van der Waals surface area contributed by atoms with E-state index in [1.165, 1.54) is 52.3 Å². The monoisotopic (exact) mass is 501 g/mol. The fourth-order valence-corrected chi connectivity index (χ4v) is 4.56. The number of rotatable bonds is 5. The summed E-state index contributed by atoms with van der Waals surface area (Å²) in [5.74, 6) is -0.944. The molecule has 15 heteroatoms. The van der Waals surface area contributed by atoms with E-state index in [0.717, 1.165) is 23.2 Å². The number of carbonyl (C=O) groups is 1. The summed E-state index contributed by atoms with van der Waals surface area (Å²) in [6.45, 7) is 0. The first-order valence-corrected chi connectivity index (χ1v) is 11.7. The van der Waals surface area contributed by atoms with Crippen molar-refractivity contribution in [1.82, 2.24) is 39.1 Å². The van der Waals surface area contributed by atoms with Crippen molar-refractivity contribution < 1.29 is 17.6 Å². The fraction of sp³-hybridized carbons (Fsp3) is 0.0526. The number of amides is 1. The topological polar surface area (TPSA) is 142 Å². The highest BCUT2D eigenvalue weighted by atomic mass is 35.5. The van der Waals surface area contributed by atoms with Crippen LogP contribution in [-0.2, 0) is 9.84 Å². The van der Waals surface area contributed by atoms with Crippen LogP contribution in [0.4, 0.5) is 10.1 Å². The van der Waals surface area contributed by atoms with Crippen LogP contribution in [0.15, 0.2) is 60.4 Å². The lowest BCUT2D eigenvalue weighted by Crippen LogP contribution is -2.18. The van der Waals surface area contributed by atoms with Gasteiger partial charge >= 0.3 is 0 Å². The predicted octanol–water partition coefficient (Wildman–Crippen LogP) is 1.94. The molecule has 0 aliphatic heterocycles. The number of aromatic nitrogens is 8. The maximum absolute atomic E-state index is 14.1. The number of pyridine rings is 2. The lowest BCUT2D eigenvalue weighted by atomic mass is 10.3. The van der Waals surface area contributed by atoms with Gasteiger partial charge in [-0.3, -0.25) is 9.20 Å². The number of carbonyl (C=O) groups excluding carboxylic acids is 1. The van der Waals surface area contributed by atoms with Crippen LogP contribution in [0.2, 0.25) is 5.02 Å². The summed E-state index contributed by atoms with van der Waals surface area (Å²) < 4.78 is 41.7. The number of hydrogen-bond donors (Lipinski definition) is 1. The van der Waals surface area contributed by atoms with E-state index in [2.05, 4.69) is 30.6 Å². The second kappa shape index (κ2) is 8.00. The highest BCUT2D eigenvalue weighted by Gasteiger charge is 2.27. The number of anilines is 1. The minimum atomic E-state index is -3.96. The van der Waals surface area contributed by atoms with Crippen molar-refractivity contribution in [3.05, 3.63) is 71.8 Å². The van der Waals surface area contributed by atoms with Gasteiger partial charge in [-0.1, -0.05) is 11.6 Å². The highest BCUT2D eigenvalue weighted by Crippen LogP contribution is 2.25. The van der Waals surface area contributed by atoms with Crippen molar-refractivity contribution >= 4 is 38.7 Å². The van der Waals surface area contributed by atoms with Crippen LogP contribution in [0.5, 0.6) is 0 Å². The molecule has 0 saturated carbocycles. The van der Waals surface area contributed by atoms with Crippen LogP contribution in [0, 0.1) is 5.82 Å². The molecule has 0 aliphatic rings. The third-order valence-corrected chi connectivity index (χ3v) is 6.08. The molecule has 0 bridgehead atoms. The average molecular weight is 502 g/mol. The molecular weight excluding hydrogens is 489 g/mol. The molecule has 34 heavy (non-hydrogen) atoms. The van der Waals surface area contributed by atoms with Gasteiger partial charge in [-0.05, 0) is 18.2 Å². The molecule has 0 fully saturated rings. The third-order valence-electron chi connectivity index (χ3n) is 4.71. The molecule has 5 rings (SSSR count). The molecule has 0 aliphatic carbocycles. The van der Waals surface area contributed by atoms with Crippen LogP contribution >= 0.6 is 11.6 Å². The molecule has 0 unspecified atom stereocenters. The van der Waals surface area contributed by atoms with Crippen molar-refractivity contribution in [2.24, 2.45) is 0 Å². The van der Waals surface area contributed by atoms with Gasteiger partial charge in [0.25, 0.3) is 5.91 Å². The van der Waals surface area contributed by atoms with Crippen molar-refractivity contribution in [2.75, 3.05) is 11.6 Å². The van der Waals surface area contributed by atoms with E-state index in [1.54, 1.807) is 0 Å². The molecule has 0 saturated heterocycles. The largest absolute Gasteiger partial charge is 0.320 e. The number of imidazole rings is 1. The quantitative estimate of drug-likeness (QED) is 0.385. The van der Waals surface area contributed by atoms with Gasteiger partial charge in [0.05, 0.1) is 41.1 Å². The zero-order chi connectivity index (χ0) is 24.0. The van der Waals surface area contributed by atoms with Gasteiger partial charge in [0, 0.05) is 18.6 Å². The van der Waals surface area contributed by atoms with Crippen LogP contribution in [0.25, 0.3) is 17.3 Å². The van der Waals surface area contributed by atoms with E-state index in [-0.39, 0.29) is 38.6 Å². The minimum Gasteiger partial charge on any atom is -0.320 e. The van der Waals surface area contributed by atoms with Gasteiger partial charge in [0.1, 0.15) is 5.82 Å². The van der Waals surface area contributed by atoms with E-state index < -0.39 is 21.6 Å². The Hall–Kier alpha value is -4.17. The summed E-state index contributed by atoms with van der Waals surface area (Å²) in [5.41, 5.74) is -0.0446. The van der Waals surface area contributed by atoms with Gasteiger partial charge in [-0.15, -0.1) is 4.80 Å². The summed E-state index contributed by atoms with van der Waals surface area (Å²) in [6, 6.07) is 3.89. The number of nitrogens with one attached hydrogen (secondary N) is 1.